The molecule has 0 aromatic heterocycles. The van der Waals surface area contributed by atoms with Gasteiger partial charge in [-0.2, -0.15) is 0 Å². The van der Waals surface area contributed by atoms with Gasteiger partial charge in [0.1, 0.15) is 0 Å². The number of rotatable bonds is 4. The van der Waals surface area contributed by atoms with Crippen LogP contribution in [0.5, 0.6) is 0 Å². The summed E-state index contributed by atoms with van der Waals surface area (Å²) in [6, 6.07) is 14.8. The number of aryl methyl sites for hydroxylation is 1. The van der Waals surface area contributed by atoms with E-state index in [-0.39, 0.29) is 23.6 Å². The van der Waals surface area contributed by atoms with Crippen molar-refractivity contribution < 1.29 is 19.1 Å². The first-order chi connectivity index (χ1) is 16.5. The predicted molar refractivity (Wildman–Crippen MR) is 127 cm³/mol. The molecule has 34 heavy (non-hydrogen) atoms. The molecule has 2 bridgehead atoms. The van der Waals surface area contributed by atoms with Crippen LogP contribution in [-0.2, 0) is 25.7 Å². The van der Waals surface area contributed by atoms with Gasteiger partial charge in [-0.15, -0.1) is 0 Å². The molecule has 3 unspecified atom stereocenters. The van der Waals surface area contributed by atoms with E-state index < -0.39 is 17.9 Å². The molecule has 0 saturated carbocycles. The Morgan fingerprint density at radius 3 is 2.44 bits per heavy atom. The van der Waals surface area contributed by atoms with Crippen molar-refractivity contribution in [2.45, 2.75) is 25.6 Å². The van der Waals surface area contributed by atoms with Gasteiger partial charge in [0.05, 0.1) is 36.8 Å². The van der Waals surface area contributed by atoms with E-state index in [9.17, 15) is 14.4 Å². The van der Waals surface area contributed by atoms with Crippen LogP contribution in [0.15, 0.2) is 60.7 Å². The maximum absolute atomic E-state index is 13.7. The number of morpholine rings is 1. The zero-order valence-electron chi connectivity index (χ0n) is 19.1. The SMILES string of the molecule is Cc1cccc(CN2C3C(=O)C=CC2[C@@H]2C(=O)N(c4cccc(N5CCOCC5)c4)C(=O)C32)c1. The number of ketones is 1. The lowest BCUT2D eigenvalue weighted by Crippen LogP contribution is -2.48. The minimum Gasteiger partial charge on any atom is -0.378 e. The third kappa shape index (κ3) is 3.30. The summed E-state index contributed by atoms with van der Waals surface area (Å²) in [6.07, 6.45) is 3.38. The molecule has 4 aliphatic heterocycles. The molecule has 7 nitrogen and oxygen atoms in total. The molecule has 6 rings (SSSR count). The molecule has 4 aliphatic rings. The van der Waals surface area contributed by atoms with E-state index in [1.54, 1.807) is 12.1 Å². The van der Waals surface area contributed by atoms with Crippen molar-refractivity contribution in [2.24, 2.45) is 11.8 Å². The van der Waals surface area contributed by atoms with Gasteiger partial charge in [0.25, 0.3) is 0 Å². The van der Waals surface area contributed by atoms with Crippen LogP contribution in [0.25, 0.3) is 0 Å². The molecule has 0 N–H and O–H groups in total. The molecule has 2 aromatic rings. The van der Waals surface area contributed by atoms with Crippen molar-refractivity contribution in [3.05, 3.63) is 71.8 Å². The number of nitrogens with zero attached hydrogens (tertiary/aromatic N) is 3. The van der Waals surface area contributed by atoms with Gasteiger partial charge in [-0.1, -0.05) is 42.0 Å². The van der Waals surface area contributed by atoms with Crippen LogP contribution in [0.2, 0.25) is 0 Å². The number of hydrogen-bond donors (Lipinski definition) is 0. The normalized spacial score (nSPS) is 28.7. The van der Waals surface area contributed by atoms with Crippen LogP contribution in [0.1, 0.15) is 11.1 Å². The fourth-order valence-corrected chi connectivity index (χ4v) is 5.99. The van der Waals surface area contributed by atoms with Crippen molar-refractivity contribution in [2.75, 3.05) is 36.1 Å². The Bertz CT molecular complexity index is 1200. The van der Waals surface area contributed by atoms with Crippen LogP contribution >= 0.6 is 0 Å². The van der Waals surface area contributed by atoms with Gasteiger partial charge in [-0.3, -0.25) is 19.3 Å². The lowest BCUT2D eigenvalue weighted by atomic mass is 9.90. The molecular weight excluding hydrogens is 430 g/mol. The van der Waals surface area contributed by atoms with E-state index in [0.29, 0.717) is 25.4 Å². The lowest BCUT2D eigenvalue weighted by molar-refractivity contribution is -0.129. The second-order valence-corrected chi connectivity index (χ2v) is 9.54. The number of hydrogen-bond acceptors (Lipinski definition) is 6. The highest BCUT2D eigenvalue weighted by atomic mass is 16.5. The number of fused-ring (bicyclic) bond motifs is 5. The zero-order chi connectivity index (χ0) is 23.4. The van der Waals surface area contributed by atoms with Crippen molar-refractivity contribution in [1.29, 1.82) is 0 Å². The van der Waals surface area contributed by atoms with Crippen LogP contribution in [0.4, 0.5) is 11.4 Å². The molecular formula is C27H27N3O4. The van der Waals surface area contributed by atoms with Gasteiger partial charge in [0.15, 0.2) is 5.78 Å². The van der Waals surface area contributed by atoms with E-state index in [0.717, 1.165) is 29.9 Å². The number of imide groups is 1. The summed E-state index contributed by atoms with van der Waals surface area (Å²) in [7, 11) is 0. The van der Waals surface area contributed by atoms with Crippen LogP contribution in [0.3, 0.4) is 0 Å². The van der Waals surface area contributed by atoms with Gasteiger partial charge in [-0.25, -0.2) is 4.90 Å². The summed E-state index contributed by atoms with van der Waals surface area (Å²) in [5, 5.41) is 0. The van der Waals surface area contributed by atoms with Gasteiger partial charge >= 0.3 is 0 Å². The van der Waals surface area contributed by atoms with Crippen molar-refractivity contribution in [3.63, 3.8) is 0 Å². The van der Waals surface area contributed by atoms with Gasteiger partial charge in [0.2, 0.25) is 11.8 Å². The summed E-state index contributed by atoms with van der Waals surface area (Å²) in [4.78, 5) is 45.9. The molecule has 3 saturated heterocycles. The maximum atomic E-state index is 13.7. The predicted octanol–water partition coefficient (Wildman–Crippen LogP) is 2.33. The summed E-state index contributed by atoms with van der Waals surface area (Å²) >= 11 is 0. The number of benzene rings is 2. The van der Waals surface area contributed by atoms with Crippen LogP contribution in [-0.4, -0.2) is 60.9 Å². The number of amides is 2. The molecule has 0 spiro atoms. The van der Waals surface area contributed by atoms with Gasteiger partial charge in [0, 0.05) is 31.4 Å². The topological polar surface area (TPSA) is 70.2 Å². The Kier molecular flexibility index (Phi) is 5.12. The molecule has 0 radical (unpaired) electrons. The third-order valence-electron chi connectivity index (χ3n) is 7.51. The number of ether oxygens (including phenoxy) is 1. The Labute approximate surface area is 198 Å². The zero-order valence-corrected chi connectivity index (χ0v) is 19.1. The number of carbonyl (C=O) groups excluding carboxylic acids is 3. The second kappa shape index (κ2) is 8.18. The average Bonchev–Trinajstić information content (AvgIpc) is 3.23. The van der Waals surface area contributed by atoms with E-state index in [4.69, 9.17) is 4.74 Å². The Hall–Kier alpha value is -3.29. The standard InChI is InChI=1S/C27H27N3O4/c1-17-4-2-5-18(14-17)16-29-21-8-9-22(31)25(29)24-23(21)26(32)30(27(24)33)20-7-3-6-19(15-20)28-10-12-34-13-11-28/h2-9,14-15,21,23-25H,10-13,16H2,1H3/t21?,23-,24?,25?/m0/s1. The molecule has 4 heterocycles. The minimum atomic E-state index is -0.656. The molecule has 2 amide bonds. The monoisotopic (exact) mass is 457 g/mol. The van der Waals surface area contributed by atoms with Crippen LogP contribution in [0, 0.1) is 18.8 Å². The fourth-order valence-electron chi connectivity index (χ4n) is 5.99. The average molecular weight is 458 g/mol. The summed E-state index contributed by atoms with van der Waals surface area (Å²) in [6.45, 7) is 5.42. The Balaban J connectivity index is 1.31. The molecule has 7 heteroatoms. The Morgan fingerprint density at radius 2 is 1.65 bits per heavy atom. The van der Waals surface area contributed by atoms with E-state index in [1.807, 2.05) is 54.3 Å². The highest BCUT2D eigenvalue weighted by molar-refractivity contribution is 6.24. The maximum Gasteiger partial charge on any atom is 0.239 e. The minimum absolute atomic E-state index is 0.0959. The molecule has 3 fully saturated rings. The summed E-state index contributed by atoms with van der Waals surface area (Å²) in [5.74, 6) is -1.78. The van der Waals surface area contributed by atoms with Crippen molar-refractivity contribution >= 4 is 29.0 Å². The lowest BCUT2D eigenvalue weighted by Gasteiger charge is -2.33. The largest absolute Gasteiger partial charge is 0.378 e. The summed E-state index contributed by atoms with van der Waals surface area (Å²) in [5.41, 5.74) is 3.76. The molecule has 4 atom stereocenters. The second-order valence-electron chi connectivity index (χ2n) is 9.54. The van der Waals surface area contributed by atoms with Gasteiger partial charge in [-0.05, 0) is 36.8 Å². The number of carbonyl (C=O) groups is 3. The highest BCUT2D eigenvalue weighted by Crippen LogP contribution is 2.47. The first kappa shape index (κ1) is 21.3. The van der Waals surface area contributed by atoms with E-state index in [1.165, 1.54) is 4.90 Å². The summed E-state index contributed by atoms with van der Waals surface area (Å²) < 4.78 is 5.44. The van der Waals surface area contributed by atoms with E-state index >= 15 is 0 Å². The first-order valence-corrected chi connectivity index (χ1v) is 11.9. The quantitative estimate of drug-likeness (QED) is 0.657. The highest BCUT2D eigenvalue weighted by Gasteiger charge is 2.64. The smallest absolute Gasteiger partial charge is 0.239 e. The Morgan fingerprint density at radius 1 is 0.912 bits per heavy atom. The molecule has 2 aromatic carbocycles. The van der Waals surface area contributed by atoms with Crippen molar-refractivity contribution in [1.82, 2.24) is 4.90 Å². The van der Waals surface area contributed by atoms with Gasteiger partial charge < -0.3 is 9.64 Å². The van der Waals surface area contributed by atoms with Crippen LogP contribution < -0.4 is 9.80 Å². The number of anilines is 2. The van der Waals surface area contributed by atoms with E-state index in [2.05, 4.69) is 11.0 Å². The molecule has 174 valence electrons. The fraction of sp³-hybridized carbons (Fsp3) is 0.370. The van der Waals surface area contributed by atoms with Crippen molar-refractivity contribution in [3.8, 4) is 0 Å². The first-order valence-electron chi connectivity index (χ1n) is 11.9. The third-order valence-corrected chi connectivity index (χ3v) is 7.51. The molecule has 0 aliphatic carbocycles.